The average molecular weight is 566 g/mol. The van der Waals surface area contributed by atoms with E-state index < -0.39 is 0 Å². The molecular weight excluding hydrogens is 526 g/mol. The number of imidazole rings is 1. The second kappa shape index (κ2) is 9.67. The third kappa shape index (κ3) is 4.08. The maximum Gasteiger partial charge on any atom is 0.254 e. The van der Waals surface area contributed by atoms with Crippen molar-refractivity contribution in [3.63, 3.8) is 0 Å². The predicted molar refractivity (Wildman–Crippen MR) is 164 cm³/mol. The summed E-state index contributed by atoms with van der Waals surface area (Å²) in [6.07, 6.45) is 7.92. The number of ether oxygens (including phenoxy) is 1. The van der Waals surface area contributed by atoms with Crippen LogP contribution in [0.2, 0.25) is 0 Å². The van der Waals surface area contributed by atoms with Gasteiger partial charge in [0.05, 0.1) is 24.0 Å². The largest absolute Gasteiger partial charge is 0.494 e. The Labute approximate surface area is 245 Å². The Hall–Kier alpha value is -3.69. The van der Waals surface area contributed by atoms with Crippen molar-refractivity contribution in [1.29, 1.82) is 0 Å². The number of amides is 1. The van der Waals surface area contributed by atoms with Crippen LogP contribution in [0.5, 0.6) is 5.75 Å². The Morgan fingerprint density at radius 3 is 2.64 bits per heavy atom. The van der Waals surface area contributed by atoms with Crippen LogP contribution in [0.4, 0.5) is 0 Å². The van der Waals surface area contributed by atoms with Crippen LogP contribution in [0.1, 0.15) is 48.2 Å². The second-order valence-corrected chi connectivity index (χ2v) is 12.9. The summed E-state index contributed by atoms with van der Waals surface area (Å²) in [5.74, 6) is 2.61. The van der Waals surface area contributed by atoms with E-state index in [1.54, 1.807) is 7.11 Å². The molecule has 2 bridgehead atoms. The molecule has 1 aromatic carbocycles. The summed E-state index contributed by atoms with van der Waals surface area (Å²) in [5, 5.41) is 1.12. The highest BCUT2D eigenvalue weighted by atomic mass is 16.5. The lowest BCUT2D eigenvalue weighted by atomic mass is 10.0. The molecule has 1 amide bonds. The van der Waals surface area contributed by atoms with Gasteiger partial charge >= 0.3 is 0 Å². The lowest BCUT2D eigenvalue weighted by Crippen LogP contribution is -2.41. The lowest BCUT2D eigenvalue weighted by molar-refractivity contribution is 0.0700. The van der Waals surface area contributed by atoms with Gasteiger partial charge in [-0.1, -0.05) is 6.08 Å². The van der Waals surface area contributed by atoms with Crippen LogP contribution in [0.3, 0.4) is 0 Å². The summed E-state index contributed by atoms with van der Waals surface area (Å²) in [6.45, 7) is 3.68. The van der Waals surface area contributed by atoms with Crippen LogP contribution in [-0.2, 0) is 13.6 Å². The molecule has 2 saturated carbocycles. The van der Waals surface area contributed by atoms with Gasteiger partial charge in [0.25, 0.3) is 5.91 Å². The molecule has 0 spiro atoms. The third-order valence-corrected chi connectivity index (χ3v) is 10.2. The van der Waals surface area contributed by atoms with Crippen molar-refractivity contribution >= 4 is 33.5 Å². The molecule has 2 N–H and O–H groups in total. The van der Waals surface area contributed by atoms with Crippen molar-refractivity contribution in [1.82, 2.24) is 28.9 Å². The van der Waals surface area contributed by atoms with Crippen molar-refractivity contribution in [2.75, 3.05) is 33.8 Å². The number of nitrogens with two attached hydrogens (primary N) is 1. The summed E-state index contributed by atoms with van der Waals surface area (Å²) >= 11 is 0. The normalized spacial score (nSPS) is 24.2. The van der Waals surface area contributed by atoms with Gasteiger partial charge in [0, 0.05) is 56.3 Å². The fraction of sp³-hybridized carbons (Fsp3) is 0.485. The van der Waals surface area contributed by atoms with E-state index in [9.17, 15) is 4.79 Å². The highest BCUT2D eigenvalue weighted by molar-refractivity contribution is 6.00. The number of pyridine rings is 1. The number of nitrogens with zero attached hydrogens (tertiary/aromatic N) is 6. The summed E-state index contributed by atoms with van der Waals surface area (Å²) in [7, 11) is 5.86. The molecule has 9 nitrogen and oxygen atoms in total. The van der Waals surface area contributed by atoms with Gasteiger partial charge in [-0.3, -0.25) is 4.79 Å². The smallest absolute Gasteiger partial charge is 0.254 e. The van der Waals surface area contributed by atoms with E-state index in [0.29, 0.717) is 23.1 Å². The molecule has 4 aromatic rings. The van der Waals surface area contributed by atoms with Gasteiger partial charge in [0.1, 0.15) is 16.9 Å². The van der Waals surface area contributed by atoms with Crippen LogP contribution in [0, 0.1) is 11.8 Å². The SMILES string of the molecule is COc1cc(C(=O)N2CC3CCC2C3N)cc2nc(-c3cc4ccc(C5=CCN(C)CC5)nc4n3CC3CC3)n(C)c12. The van der Waals surface area contributed by atoms with E-state index >= 15 is 0 Å². The van der Waals surface area contributed by atoms with Crippen molar-refractivity contribution in [3.05, 3.63) is 47.7 Å². The second-order valence-electron chi connectivity index (χ2n) is 12.9. The van der Waals surface area contributed by atoms with Crippen LogP contribution in [0.15, 0.2) is 36.4 Å². The number of hydrogen-bond acceptors (Lipinski definition) is 6. The van der Waals surface area contributed by atoms with E-state index in [4.69, 9.17) is 20.4 Å². The molecule has 2 aliphatic carbocycles. The Morgan fingerprint density at radius 1 is 1.10 bits per heavy atom. The first kappa shape index (κ1) is 26.0. The zero-order valence-electron chi connectivity index (χ0n) is 24.7. The van der Waals surface area contributed by atoms with Crippen LogP contribution < -0.4 is 10.5 Å². The minimum atomic E-state index is 0.0211. The molecule has 218 valence electrons. The number of hydrogen-bond donors (Lipinski definition) is 1. The van der Waals surface area contributed by atoms with Crippen molar-refractivity contribution in [2.45, 2.75) is 50.7 Å². The quantitative estimate of drug-likeness (QED) is 0.375. The molecule has 2 aliphatic heterocycles. The van der Waals surface area contributed by atoms with Gasteiger partial charge in [0.2, 0.25) is 0 Å². The third-order valence-electron chi connectivity index (χ3n) is 10.2. The molecule has 4 aliphatic rings. The minimum absolute atomic E-state index is 0.0211. The molecule has 3 atom stereocenters. The van der Waals surface area contributed by atoms with Gasteiger partial charge in [-0.05, 0) is 86.9 Å². The van der Waals surface area contributed by atoms with E-state index in [1.807, 2.05) is 24.1 Å². The first-order valence-corrected chi connectivity index (χ1v) is 15.4. The summed E-state index contributed by atoms with van der Waals surface area (Å²) < 4.78 is 10.3. The molecule has 1 saturated heterocycles. The lowest BCUT2D eigenvalue weighted by Gasteiger charge is -2.27. The standard InChI is InChI=1S/C33H39N7O2/c1-37-12-10-20(11-13-37)24-8-6-21-15-27(39(31(21)35-24)17-19-4-5-19)32-36-25-14-23(16-28(42-3)30(25)38(32)2)33(41)40-18-22-7-9-26(40)29(22)34/h6,8,10,14-16,19,22,26,29H,4-5,7,9,11-13,17-18,34H2,1-3H3. The topological polar surface area (TPSA) is 94.4 Å². The Kier molecular flexibility index (Phi) is 5.98. The number of carbonyl (C=O) groups is 1. The Morgan fingerprint density at radius 2 is 1.95 bits per heavy atom. The van der Waals surface area contributed by atoms with Crippen LogP contribution in [0.25, 0.3) is 39.2 Å². The number of rotatable bonds is 6. The average Bonchev–Trinajstić information content (AvgIpc) is 3.41. The highest BCUT2D eigenvalue weighted by Crippen LogP contribution is 2.40. The van der Waals surface area contributed by atoms with Gasteiger partial charge in [0.15, 0.2) is 5.82 Å². The molecule has 5 heterocycles. The number of aromatic nitrogens is 4. The fourth-order valence-electron chi connectivity index (χ4n) is 7.50. The number of aryl methyl sites for hydroxylation is 1. The van der Waals surface area contributed by atoms with Gasteiger partial charge in [-0.2, -0.15) is 0 Å². The molecule has 3 unspecified atom stereocenters. The van der Waals surface area contributed by atoms with E-state index in [2.05, 4.69) is 45.4 Å². The van der Waals surface area contributed by atoms with Crippen LogP contribution in [-0.4, -0.2) is 80.7 Å². The predicted octanol–water partition coefficient (Wildman–Crippen LogP) is 4.29. The number of likely N-dealkylation sites (tertiary alicyclic amines) is 1. The van der Waals surface area contributed by atoms with E-state index in [0.717, 1.165) is 84.7 Å². The van der Waals surface area contributed by atoms with E-state index in [-0.39, 0.29) is 18.0 Å². The van der Waals surface area contributed by atoms with Gasteiger partial charge in [-0.15, -0.1) is 0 Å². The van der Waals surface area contributed by atoms with Crippen molar-refractivity contribution in [3.8, 4) is 17.3 Å². The molecule has 8 rings (SSSR count). The minimum Gasteiger partial charge on any atom is -0.494 e. The zero-order valence-corrected chi connectivity index (χ0v) is 24.7. The number of benzene rings is 1. The summed E-state index contributed by atoms with van der Waals surface area (Å²) in [5.41, 5.74) is 13.1. The molecule has 42 heavy (non-hydrogen) atoms. The highest BCUT2D eigenvalue weighted by Gasteiger charge is 2.47. The molecule has 3 fully saturated rings. The zero-order chi connectivity index (χ0) is 28.7. The number of methoxy groups -OCH3 is 1. The fourth-order valence-corrected chi connectivity index (χ4v) is 7.50. The summed E-state index contributed by atoms with van der Waals surface area (Å²) in [4.78, 5) is 28.4. The first-order valence-electron chi connectivity index (χ1n) is 15.4. The Balaban J connectivity index is 1.22. The maximum absolute atomic E-state index is 13.7. The van der Waals surface area contributed by atoms with Crippen LogP contribution >= 0.6 is 0 Å². The summed E-state index contributed by atoms with van der Waals surface area (Å²) in [6, 6.07) is 10.6. The van der Waals surface area contributed by atoms with E-state index in [1.165, 1.54) is 18.4 Å². The monoisotopic (exact) mass is 565 g/mol. The number of piperidine rings is 1. The van der Waals surface area contributed by atoms with Crippen molar-refractivity contribution in [2.24, 2.45) is 24.6 Å². The van der Waals surface area contributed by atoms with Gasteiger partial charge in [-0.25, -0.2) is 9.97 Å². The molecule has 9 heteroatoms. The number of carbonyl (C=O) groups excluding carboxylic acids is 1. The Bertz CT molecular complexity index is 1760. The molecule has 0 radical (unpaired) electrons. The molecule has 3 aromatic heterocycles. The number of fused-ring (bicyclic) bond motifs is 4. The molecular formula is C33H39N7O2. The number of likely N-dealkylation sites (N-methyl/N-ethyl adjacent to an activating group) is 1. The van der Waals surface area contributed by atoms with Gasteiger partial charge < -0.3 is 29.4 Å². The maximum atomic E-state index is 13.7. The van der Waals surface area contributed by atoms with Crippen molar-refractivity contribution < 1.29 is 9.53 Å². The first-order chi connectivity index (χ1) is 20.4.